The van der Waals surface area contributed by atoms with E-state index in [1.165, 1.54) is 0 Å². The van der Waals surface area contributed by atoms with Crippen LogP contribution >= 0.6 is 0 Å². The fourth-order valence-electron chi connectivity index (χ4n) is 2.24. The molecule has 1 rings (SSSR count). The number of rotatable bonds is 8. The van der Waals surface area contributed by atoms with Crippen molar-refractivity contribution < 1.29 is 40.1 Å². The zero-order valence-electron chi connectivity index (χ0n) is 11.7. The smallest absolute Gasteiger partial charge is 0.431 e. The zero-order valence-corrected chi connectivity index (χ0v) is 12.6. The highest BCUT2D eigenvalue weighted by Gasteiger charge is 2.64. The van der Waals surface area contributed by atoms with Crippen molar-refractivity contribution in [1.82, 2.24) is 0 Å². The van der Waals surface area contributed by atoms with Gasteiger partial charge in [-0.05, 0) is 25.7 Å². The summed E-state index contributed by atoms with van der Waals surface area (Å²) in [7, 11) is -6.20. The minimum atomic E-state index is -6.20. The predicted molar refractivity (Wildman–Crippen MR) is 68.2 cm³/mol. The summed E-state index contributed by atoms with van der Waals surface area (Å²) in [6.45, 7) is -0.192. The number of unbranched alkanes of at least 4 members (excludes halogenated alkanes) is 1. The Morgan fingerprint density at radius 1 is 1.14 bits per heavy atom. The van der Waals surface area contributed by atoms with E-state index >= 15 is 0 Å². The molecule has 1 saturated carbocycles. The molecule has 0 radical (unpaired) electrons. The quantitative estimate of drug-likeness (QED) is 0.315. The van der Waals surface area contributed by atoms with Crippen LogP contribution in [0.15, 0.2) is 0 Å². The second-order valence-electron chi connectivity index (χ2n) is 5.30. The predicted octanol–water partition coefficient (Wildman–Crippen LogP) is 3.01. The molecule has 0 unspecified atom stereocenters. The third kappa shape index (κ3) is 4.55. The summed E-state index contributed by atoms with van der Waals surface area (Å²) in [5.41, 5.74) is 0. The van der Waals surface area contributed by atoms with Gasteiger partial charge in [-0.15, -0.1) is 0 Å². The summed E-state index contributed by atoms with van der Waals surface area (Å²) in [5.74, 6) is -5.51. The van der Waals surface area contributed by atoms with Gasteiger partial charge in [0.05, 0.1) is 12.5 Å². The molecule has 0 aliphatic heterocycles. The maximum absolute atomic E-state index is 13.1. The summed E-state index contributed by atoms with van der Waals surface area (Å²) >= 11 is 0. The Morgan fingerprint density at radius 2 is 1.68 bits per heavy atom. The van der Waals surface area contributed by atoms with Gasteiger partial charge in [-0.2, -0.15) is 26.0 Å². The maximum atomic E-state index is 13.1. The largest absolute Gasteiger partial charge is 0.465 e. The Hall–Kier alpha value is -0.900. The SMILES string of the molecule is O=C(OCCCCC(F)(F)C(F)(F)S(=O)(=O)O)C1CCCC1. The van der Waals surface area contributed by atoms with Gasteiger partial charge < -0.3 is 4.74 Å². The molecule has 130 valence electrons. The Labute approximate surface area is 125 Å². The first-order valence-electron chi connectivity index (χ1n) is 6.88. The number of hydrogen-bond acceptors (Lipinski definition) is 4. The van der Waals surface area contributed by atoms with E-state index in [1.54, 1.807) is 0 Å². The number of hydrogen-bond donors (Lipinski definition) is 1. The van der Waals surface area contributed by atoms with Crippen molar-refractivity contribution in [3.8, 4) is 0 Å². The molecular weight excluding hydrogens is 332 g/mol. The molecule has 0 aromatic carbocycles. The van der Waals surface area contributed by atoms with Gasteiger partial charge in [0.25, 0.3) is 0 Å². The Morgan fingerprint density at radius 3 is 2.18 bits per heavy atom. The van der Waals surface area contributed by atoms with Crippen LogP contribution in [0.3, 0.4) is 0 Å². The van der Waals surface area contributed by atoms with Gasteiger partial charge in [0.1, 0.15) is 0 Å². The molecular formula is C12H18F4O5S. The molecule has 10 heteroatoms. The van der Waals surface area contributed by atoms with E-state index in [4.69, 9.17) is 9.29 Å². The van der Waals surface area contributed by atoms with Crippen LogP contribution in [-0.4, -0.2) is 36.7 Å². The fourth-order valence-corrected chi connectivity index (χ4v) is 2.71. The first kappa shape index (κ1) is 19.1. The lowest BCUT2D eigenvalue weighted by molar-refractivity contribution is -0.165. The standard InChI is InChI=1S/C12H18F4O5S/c13-11(14,12(15,16)22(18,19)20)7-3-4-8-21-10(17)9-5-1-2-6-9/h9H,1-8H2,(H,18,19,20). The van der Waals surface area contributed by atoms with Crippen molar-refractivity contribution in [1.29, 1.82) is 0 Å². The van der Waals surface area contributed by atoms with Crippen LogP contribution in [0.4, 0.5) is 17.6 Å². The number of ether oxygens (including phenoxy) is 1. The average Bonchev–Trinajstić information content (AvgIpc) is 2.90. The van der Waals surface area contributed by atoms with Gasteiger partial charge in [0.15, 0.2) is 0 Å². The van der Waals surface area contributed by atoms with E-state index in [-0.39, 0.29) is 18.9 Å². The molecule has 0 spiro atoms. The van der Waals surface area contributed by atoms with Crippen LogP contribution in [0, 0.1) is 5.92 Å². The molecule has 1 aliphatic rings. The van der Waals surface area contributed by atoms with Crippen molar-refractivity contribution in [3.05, 3.63) is 0 Å². The van der Waals surface area contributed by atoms with E-state index in [1.807, 2.05) is 0 Å². The molecule has 0 atom stereocenters. The van der Waals surface area contributed by atoms with Crippen molar-refractivity contribution in [2.45, 2.75) is 56.1 Å². The fraction of sp³-hybridized carbons (Fsp3) is 0.917. The molecule has 5 nitrogen and oxygen atoms in total. The van der Waals surface area contributed by atoms with Crippen molar-refractivity contribution in [3.63, 3.8) is 0 Å². The second kappa shape index (κ2) is 7.12. The van der Waals surface area contributed by atoms with Gasteiger partial charge in [-0.3, -0.25) is 9.35 Å². The lowest BCUT2D eigenvalue weighted by Crippen LogP contribution is -2.46. The summed E-state index contributed by atoms with van der Waals surface area (Å²) < 4.78 is 85.6. The average molecular weight is 350 g/mol. The molecule has 0 heterocycles. The normalized spacial score (nSPS) is 17.7. The zero-order chi connectivity index (χ0) is 17.0. The van der Waals surface area contributed by atoms with Crippen LogP contribution in [0.2, 0.25) is 0 Å². The molecule has 0 aromatic heterocycles. The Kier molecular flexibility index (Phi) is 6.19. The summed E-state index contributed by atoms with van der Waals surface area (Å²) in [5, 5.41) is -5.54. The topological polar surface area (TPSA) is 80.7 Å². The highest BCUT2D eigenvalue weighted by atomic mass is 32.2. The van der Waals surface area contributed by atoms with Gasteiger partial charge >= 0.3 is 27.3 Å². The van der Waals surface area contributed by atoms with E-state index < -0.39 is 40.1 Å². The maximum Gasteiger partial charge on any atom is 0.431 e. The summed E-state index contributed by atoms with van der Waals surface area (Å²) in [6.07, 6.45) is 1.27. The van der Waals surface area contributed by atoms with Crippen LogP contribution < -0.4 is 0 Å². The van der Waals surface area contributed by atoms with Crippen molar-refractivity contribution >= 4 is 16.1 Å². The summed E-state index contributed by atoms with van der Waals surface area (Å²) in [6, 6.07) is 0. The highest BCUT2D eigenvalue weighted by molar-refractivity contribution is 7.87. The molecule has 0 aromatic rings. The van der Waals surface area contributed by atoms with Gasteiger partial charge in [0, 0.05) is 6.42 Å². The molecule has 22 heavy (non-hydrogen) atoms. The second-order valence-corrected chi connectivity index (χ2v) is 6.77. The van der Waals surface area contributed by atoms with Crippen molar-refractivity contribution in [2.75, 3.05) is 6.61 Å². The van der Waals surface area contributed by atoms with Crippen molar-refractivity contribution in [2.24, 2.45) is 5.92 Å². The lowest BCUT2D eigenvalue weighted by atomic mass is 10.1. The van der Waals surface area contributed by atoms with Crippen LogP contribution in [0.1, 0.15) is 44.9 Å². The van der Waals surface area contributed by atoms with E-state index in [0.29, 0.717) is 0 Å². The molecule has 1 fully saturated rings. The molecule has 1 N–H and O–H groups in total. The first-order valence-corrected chi connectivity index (χ1v) is 8.32. The van der Waals surface area contributed by atoms with Gasteiger partial charge in [-0.1, -0.05) is 12.8 Å². The minimum absolute atomic E-state index is 0.102. The number of esters is 1. The number of carbonyl (C=O) groups is 1. The number of halogens is 4. The lowest BCUT2D eigenvalue weighted by Gasteiger charge is -2.23. The number of alkyl halides is 4. The third-order valence-electron chi connectivity index (χ3n) is 3.57. The summed E-state index contributed by atoms with van der Waals surface area (Å²) in [4.78, 5) is 11.5. The molecule has 1 aliphatic carbocycles. The van der Waals surface area contributed by atoms with E-state index in [2.05, 4.69) is 0 Å². The van der Waals surface area contributed by atoms with Crippen LogP contribution in [0.5, 0.6) is 0 Å². The Balaban J connectivity index is 2.32. The van der Waals surface area contributed by atoms with Gasteiger partial charge in [0.2, 0.25) is 0 Å². The first-order chi connectivity index (χ1) is 9.99. The van der Waals surface area contributed by atoms with Crippen LogP contribution in [0.25, 0.3) is 0 Å². The third-order valence-corrected chi connectivity index (χ3v) is 4.51. The monoisotopic (exact) mass is 350 g/mol. The number of carbonyl (C=O) groups excluding carboxylic acids is 1. The molecule has 0 bridgehead atoms. The molecule has 0 amide bonds. The van der Waals surface area contributed by atoms with E-state index in [9.17, 15) is 30.8 Å². The van der Waals surface area contributed by atoms with Crippen LogP contribution in [-0.2, 0) is 19.6 Å². The van der Waals surface area contributed by atoms with E-state index in [0.717, 1.165) is 25.7 Å². The molecule has 0 saturated heterocycles. The van der Waals surface area contributed by atoms with Gasteiger partial charge in [-0.25, -0.2) is 0 Å². The Bertz CT molecular complexity index is 486. The highest BCUT2D eigenvalue weighted by Crippen LogP contribution is 2.41. The minimum Gasteiger partial charge on any atom is -0.465 e.